The second-order valence-electron chi connectivity index (χ2n) is 5.93. The first-order valence-corrected chi connectivity index (χ1v) is 8.28. The monoisotopic (exact) mass is 309 g/mol. The zero-order chi connectivity index (χ0) is 15.9. The van der Waals surface area contributed by atoms with E-state index in [1.807, 2.05) is 35.4 Å². The van der Waals surface area contributed by atoms with E-state index >= 15 is 0 Å². The lowest BCUT2D eigenvalue weighted by Crippen LogP contribution is -2.48. The molecule has 0 bridgehead atoms. The molecule has 1 atom stereocenters. The molecular formula is C19H23N3O. The third kappa shape index (κ3) is 4.17. The molecule has 0 spiro atoms. The average Bonchev–Trinajstić information content (AvgIpc) is 2.63. The summed E-state index contributed by atoms with van der Waals surface area (Å²) in [6.45, 7) is 2.43. The number of amides is 1. The molecule has 1 saturated heterocycles. The Morgan fingerprint density at radius 2 is 2.09 bits per heavy atom. The number of nitrogens with one attached hydrogen (secondary N) is 1. The number of nitrogens with zero attached hydrogens (tertiary/aromatic N) is 2. The van der Waals surface area contributed by atoms with Crippen LogP contribution in [0.1, 0.15) is 30.0 Å². The van der Waals surface area contributed by atoms with E-state index in [2.05, 4.69) is 28.5 Å². The van der Waals surface area contributed by atoms with E-state index in [0.717, 1.165) is 38.0 Å². The molecule has 1 aromatic carbocycles. The van der Waals surface area contributed by atoms with Gasteiger partial charge in [-0.2, -0.15) is 0 Å². The Morgan fingerprint density at radius 1 is 1.22 bits per heavy atom. The van der Waals surface area contributed by atoms with Crippen LogP contribution in [0.4, 0.5) is 0 Å². The second kappa shape index (κ2) is 7.88. The molecular weight excluding hydrogens is 286 g/mol. The second-order valence-corrected chi connectivity index (χ2v) is 5.93. The van der Waals surface area contributed by atoms with E-state index in [9.17, 15) is 4.79 Å². The number of hydrogen-bond donors (Lipinski definition) is 1. The summed E-state index contributed by atoms with van der Waals surface area (Å²) in [7, 11) is 0. The van der Waals surface area contributed by atoms with Gasteiger partial charge in [0.15, 0.2) is 0 Å². The van der Waals surface area contributed by atoms with E-state index in [1.165, 1.54) is 5.56 Å². The van der Waals surface area contributed by atoms with Crippen LogP contribution in [-0.2, 0) is 11.2 Å². The number of benzene rings is 1. The minimum Gasteiger partial charge on any atom is -0.333 e. The topological polar surface area (TPSA) is 45.2 Å². The fraction of sp³-hybridized carbons (Fsp3) is 0.368. The van der Waals surface area contributed by atoms with Crippen molar-refractivity contribution in [3.05, 3.63) is 66.0 Å². The number of piperazine rings is 1. The van der Waals surface area contributed by atoms with Gasteiger partial charge in [0, 0.05) is 38.4 Å². The summed E-state index contributed by atoms with van der Waals surface area (Å²) in [5.74, 6) is 0.247. The summed E-state index contributed by atoms with van der Waals surface area (Å²) in [5, 5.41) is 3.38. The summed E-state index contributed by atoms with van der Waals surface area (Å²) in [4.78, 5) is 18.9. The van der Waals surface area contributed by atoms with Gasteiger partial charge in [-0.3, -0.25) is 9.78 Å². The van der Waals surface area contributed by atoms with Crippen molar-refractivity contribution in [2.75, 3.05) is 19.6 Å². The number of carbonyl (C=O) groups is 1. The van der Waals surface area contributed by atoms with Crippen molar-refractivity contribution in [2.24, 2.45) is 0 Å². The molecule has 120 valence electrons. The van der Waals surface area contributed by atoms with Crippen molar-refractivity contribution in [1.29, 1.82) is 0 Å². The van der Waals surface area contributed by atoms with Crippen LogP contribution in [0.15, 0.2) is 54.9 Å². The molecule has 1 amide bonds. The Bertz CT molecular complexity index is 615. The lowest BCUT2D eigenvalue weighted by Gasteiger charge is -2.36. The summed E-state index contributed by atoms with van der Waals surface area (Å²) in [6.07, 6.45) is 6.09. The van der Waals surface area contributed by atoms with Crippen molar-refractivity contribution < 1.29 is 4.79 Å². The molecule has 1 unspecified atom stereocenters. The van der Waals surface area contributed by atoms with E-state index < -0.39 is 0 Å². The van der Waals surface area contributed by atoms with E-state index in [-0.39, 0.29) is 11.9 Å². The lowest BCUT2D eigenvalue weighted by atomic mass is 10.0. The number of hydrogen-bond acceptors (Lipinski definition) is 3. The van der Waals surface area contributed by atoms with Gasteiger partial charge in [-0.05, 0) is 30.0 Å². The van der Waals surface area contributed by atoms with Crippen molar-refractivity contribution in [3.63, 3.8) is 0 Å². The molecule has 2 aromatic rings. The van der Waals surface area contributed by atoms with Gasteiger partial charge < -0.3 is 10.2 Å². The first-order chi connectivity index (χ1) is 11.3. The lowest BCUT2D eigenvalue weighted by molar-refractivity contribution is -0.134. The standard InChI is InChI=1S/C19H23N3O/c23-19(10-4-8-16-6-2-1-3-7-16)22-13-12-21-15-18(22)17-9-5-11-20-14-17/h1-3,5-7,9,11,14,18,21H,4,8,10,12-13,15H2. The highest BCUT2D eigenvalue weighted by atomic mass is 16.2. The van der Waals surface area contributed by atoms with Gasteiger partial charge in [0.25, 0.3) is 0 Å². The number of carbonyl (C=O) groups excluding carboxylic acids is 1. The molecule has 4 heteroatoms. The van der Waals surface area contributed by atoms with E-state index in [1.54, 1.807) is 6.20 Å². The van der Waals surface area contributed by atoms with Gasteiger partial charge in [0.1, 0.15) is 0 Å². The Balaban J connectivity index is 1.58. The third-order valence-corrected chi connectivity index (χ3v) is 4.33. The largest absolute Gasteiger partial charge is 0.333 e. The maximum Gasteiger partial charge on any atom is 0.223 e. The number of rotatable bonds is 5. The Hall–Kier alpha value is -2.20. The summed E-state index contributed by atoms with van der Waals surface area (Å²) in [5.41, 5.74) is 2.40. The highest BCUT2D eigenvalue weighted by Gasteiger charge is 2.27. The van der Waals surface area contributed by atoms with Gasteiger partial charge in [-0.15, -0.1) is 0 Å². The molecule has 0 saturated carbocycles. The smallest absolute Gasteiger partial charge is 0.223 e. The van der Waals surface area contributed by atoms with Crippen LogP contribution >= 0.6 is 0 Å². The molecule has 1 fully saturated rings. The average molecular weight is 309 g/mol. The summed E-state index contributed by atoms with van der Waals surface area (Å²) >= 11 is 0. The van der Waals surface area contributed by atoms with Crippen LogP contribution in [0.2, 0.25) is 0 Å². The third-order valence-electron chi connectivity index (χ3n) is 4.33. The van der Waals surface area contributed by atoms with Gasteiger partial charge >= 0.3 is 0 Å². The highest BCUT2D eigenvalue weighted by Crippen LogP contribution is 2.22. The molecule has 3 rings (SSSR count). The molecule has 0 radical (unpaired) electrons. The summed E-state index contributed by atoms with van der Waals surface area (Å²) < 4.78 is 0. The van der Waals surface area contributed by atoms with E-state index in [4.69, 9.17) is 0 Å². The fourth-order valence-corrected chi connectivity index (χ4v) is 3.11. The van der Waals surface area contributed by atoms with Gasteiger partial charge in [-0.25, -0.2) is 0 Å². The van der Waals surface area contributed by atoms with Crippen LogP contribution in [0.3, 0.4) is 0 Å². The predicted octanol–water partition coefficient (Wildman–Crippen LogP) is 2.58. The Kier molecular flexibility index (Phi) is 5.37. The predicted molar refractivity (Wildman–Crippen MR) is 90.9 cm³/mol. The maximum atomic E-state index is 12.6. The van der Waals surface area contributed by atoms with Gasteiger partial charge in [0.2, 0.25) is 5.91 Å². The minimum absolute atomic E-state index is 0.0988. The van der Waals surface area contributed by atoms with Crippen molar-refractivity contribution in [1.82, 2.24) is 15.2 Å². The van der Waals surface area contributed by atoms with Crippen LogP contribution < -0.4 is 5.32 Å². The zero-order valence-electron chi connectivity index (χ0n) is 13.3. The van der Waals surface area contributed by atoms with Crippen LogP contribution in [-0.4, -0.2) is 35.4 Å². The number of aryl methyl sites for hydroxylation is 1. The Labute approximate surface area is 137 Å². The van der Waals surface area contributed by atoms with Crippen LogP contribution in [0.5, 0.6) is 0 Å². The SMILES string of the molecule is O=C(CCCc1ccccc1)N1CCNCC1c1cccnc1. The molecule has 4 nitrogen and oxygen atoms in total. The van der Waals surface area contributed by atoms with Crippen LogP contribution in [0, 0.1) is 0 Å². The molecule has 1 aromatic heterocycles. The van der Waals surface area contributed by atoms with Crippen molar-refractivity contribution in [3.8, 4) is 0 Å². The minimum atomic E-state index is 0.0988. The molecule has 1 N–H and O–H groups in total. The van der Waals surface area contributed by atoms with Crippen molar-refractivity contribution >= 4 is 5.91 Å². The normalized spacial score (nSPS) is 17.9. The summed E-state index contributed by atoms with van der Waals surface area (Å²) in [6, 6.07) is 14.4. The Morgan fingerprint density at radius 3 is 2.87 bits per heavy atom. The first kappa shape index (κ1) is 15.7. The first-order valence-electron chi connectivity index (χ1n) is 8.28. The van der Waals surface area contributed by atoms with E-state index in [0.29, 0.717) is 6.42 Å². The molecule has 1 aliphatic rings. The van der Waals surface area contributed by atoms with Gasteiger partial charge in [0.05, 0.1) is 6.04 Å². The molecule has 0 aliphatic carbocycles. The van der Waals surface area contributed by atoms with Gasteiger partial charge in [-0.1, -0.05) is 36.4 Å². The number of aromatic nitrogens is 1. The molecule has 23 heavy (non-hydrogen) atoms. The highest BCUT2D eigenvalue weighted by molar-refractivity contribution is 5.77. The zero-order valence-corrected chi connectivity index (χ0v) is 13.3. The quantitative estimate of drug-likeness (QED) is 0.923. The maximum absolute atomic E-state index is 12.6. The fourth-order valence-electron chi connectivity index (χ4n) is 3.11. The number of pyridine rings is 1. The molecule has 2 heterocycles. The van der Waals surface area contributed by atoms with Crippen molar-refractivity contribution in [2.45, 2.75) is 25.3 Å². The molecule has 1 aliphatic heterocycles. The van der Waals surface area contributed by atoms with Crippen LogP contribution in [0.25, 0.3) is 0 Å².